The van der Waals surface area contributed by atoms with Crippen molar-refractivity contribution in [3.8, 4) is 0 Å². The van der Waals surface area contributed by atoms with E-state index >= 15 is 0 Å². The van der Waals surface area contributed by atoms with E-state index < -0.39 is 0 Å². The number of amides is 1. The Morgan fingerprint density at radius 2 is 2.23 bits per heavy atom. The van der Waals surface area contributed by atoms with Crippen molar-refractivity contribution in [2.45, 2.75) is 38.8 Å². The van der Waals surface area contributed by atoms with E-state index in [0.29, 0.717) is 6.04 Å². The van der Waals surface area contributed by atoms with Crippen LogP contribution in [0.4, 0.5) is 0 Å². The molecule has 0 heterocycles. The molecule has 0 aliphatic carbocycles. The number of nitrogens with two attached hydrogens (primary N) is 1. The number of primary amides is 1. The molecule has 3 N–H and O–H groups in total. The zero-order valence-corrected chi connectivity index (χ0v) is 9.49. The van der Waals surface area contributed by atoms with Gasteiger partial charge in [-0.25, -0.2) is 0 Å². The van der Waals surface area contributed by atoms with Gasteiger partial charge in [0.15, 0.2) is 0 Å². The molecule has 78 valence electrons. The Bertz CT molecular complexity index is 153. The van der Waals surface area contributed by atoms with Crippen LogP contribution in [0, 0.1) is 0 Å². The Morgan fingerprint density at radius 3 is 2.62 bits per heavy atom. The molecule has 0 saturated heterocycles. The van der Waals surface area contributed by atoms with Crippen molar-refractivity contribution in [2.75, 3.05) is 12.0 Å². The van der Waals surface area contributed by atoms with Crippen LogP contribution in [0.25, 0.3) is 0 Å². The topological polar surface area (TPSA) is 55.1 Å². The van der Waals surface area contributed by atoms with Crippen LogP contribution in [0.2, 0.25) is 0 Å². The SMILES string of the molecule is CCC(NC(C)CCSC)C(N)=O. The minimum absolute atomic E-state index is 0.170. The molecule has 2 unspecified atom stereocenters. The van der Waals surface area contributed by atoms with Crippen LogP contribution >= 0.6 is 11.8 Å². The maximum absolute atomic E-state index is 10.9. The summed E-state index contributed by atoms with van der Waals surface area (Å²) >= 11 is 1.82. The first kappa shape index (κ1) is 12.8. The molecule has 0 saturated carbocycles. The van der Waals surface area contributed by atoms with E-state index in [2.05, 4.69) is 18.5 Å². The second kappa shape index (κ2) is 7.21. The molecule has 0 aromatic heterocycles. The Labute approximate surface area is 84.8 Å². The summed E-state index contributed by atoms with van der Waals surface area (Å²) in [4.78, 5) is 10.9. The van der Waals surface area contributed by atoms with E-state index in [0.717, 1.165) is 18.6 Å². The molecule has 3 nitrogen and oxygen atoms in total. The molecule has 0 bridgehead atoms. The molecule has 0 aliphatic rings. The molecule has 0 rings (SSSR count). The minimum Gasteiger partial charge on any atom is -0.368 e. The third-order valence-corrected chi connectivity index (χ3v) is 2.64. The second-order valence-corrected chi connectivity index (χ2v) is 4.20. The molecule has 0 aliphatic heterocycles. The van der Waals surface area contributed by atoms with E-state index in [9.17, 15) is 4.79 Å². The van der Waals surface area contributed by atoms with Gasteiger partial charge in [0, 0.05) is 6.04 Å². The standard InChI is InChI=1S/C9H20N2OS/c1-4-8(9(10)12)11-7(2)5-6-13-3/h7-8,11H,4-6H2,1-3H3,(H2,10,12). The van der Waals surface area contributed by atoms with Crippen molar-refractivity contribution in [2.24, 2.45) is 5.73 Å². The lowest BCUT2D eigenvalue weighted by Crippen LogP contribution is -2.45. The molecule has 0 aromatic rings. The number of hydrogen-bond donors (Lipinski definition) is 2. The number of nitrogens with one attached hydrogen (secondary N) is 1. The first-order valence-corrected chi connectivity index (χ1v) is 6.05. The summed E-state index contributed by atoms with van der Waals surface area (Å²) in [7, 11) is 0. The lowest BCUT2D eigenvalue weighted by Gasteiger charge is -2.19. The molecule has 0 spiro atoms. The third-order valence-electron chi connectivity index (χ3n) is 1.99. The quantitative estimate of drug-likeness (QED) is 0.650. The molecule has 0 radical (unpaired) electrons. The van der Waals surface area contributed by atoms with E-state index in [-0.39, 0.29) is 11.9 Å². The van der Waals surface area contributed by atoms with Crippen LogP contribution in [-0.4, -0.2) is 30.0 Å². The summed E-state index contributed by atoms with van der Waals surface area (Å²) in [5, 5.41) is 3.21. The van der Waals surface area contributed by atoms with Crippen molar-refractivity contribution >= 4 is 17.7 Å². The molecular weight excluding hydrogens is 184 g/mol. The van der Waals surface area contributed by atoms with Gasteiger partial charge in [0.1, 0.15) is 0 Å². The molecule has 4 heteroatoms. The van der Waals surface area contributed by atoms with Gasteiger partial charge < -0.3 is 11.1 Å². The average molecular weight is 204 g/mol. The van der Waals surface area contributed by atoms with Crippen LogP contribution < -0.4 is 11.1 Å². The van der Waals surface area contributed by atoms with E-state index in [1.165, 1.54) is 0 Å². The van der Waals surface area contributed by atoms with Gasteiger partial charge in [-0.3, -0.25) is 4.79 Å². The molecule has 0 fully saturated rings. The monoisotopic (exact) mass is 204 g/mol. The van der Waals surface area contributed by atoms with Gasteiger partial charge in [-0.2, -0.15) is 11.8 Å². The summed E-state index contributed by atoms with van der Waals surface area (Å²) in [5.41, 5.74) is 5.22. The number of carbonyl (C=O) groups is 1. The highest BCUT2D eigenvalue weighted by Gasteiger charge is 2.14. The van der Waals surface area contributed by atoms with Gasteiger partial charge in [0.25, 0.3) is 0 Å². The van der Waals surface area contributed by atoms with Gasteiger partial charge in [-0.1, -0.05) is 6.92 Å². The van der Waals surface area contributed by atoms with Crippen molar-refractivity contribution < 1.29 is 4.79 Å². The van der Waals surface area contributed by atoms with Crippen molar-refractivity contribution in [3.63, 3.8) is 0 Å². The summed E-state index contributed by atoms with van der Waals surface area (Å²) in [6, 6.07) is 0.196. The Hall–Kier alpha value is -0.220. The fourth-order valence-electron chi connectivity index (χ4n) is 1.12. The predicted octanol–water partition coefficient (Wildman–Crippen LogP) is 0.981. The fraction of sp³-hybridized carbons (Fsp3) is 0.889. The maximum Gasteiger partial charge on any atom is 0.234 e. The van der Waals surface area contributed by atoms with Gasteiger partial charge in [-0.15, -0.1) is 0 Å². The molecule has 13 heavy (non-hydrogen) atoms. The van der Waals surface area contributed by atoms with Crippen LogP contribution in [0.1, 0.15) is 26.7 Å². The zero-order chi connectivity index (χ0) is 10.3. The Balaban J connectivity index is 3.73. The summed E-state index contributed by atoms with van der Waals surface area (Å²) in [5.74, 6) is 0.863. The van der Waals surface area contributed by atoms with Crippen LogP contribution in [-0.2, 0) is 4.79 Å². The second-order valence-electron chi connectivity index (χ2n) is 3.21. The first-order valence-electron chi connectivity index (χ1n) is 4.66. The summed E-state index contributed by atoms with van der Waals surface area (Å²) in [6.07, 6.45) is 3.92. The highest BCUT2D eigenvalue weighted by molar-refractivity contribution is 7.98. The largest absolute Gasteiger partial charge is 0.368 e. The normalized spacial score (nSPS) is 15.3. The number of thioether (sulfide) groups is 1. The van der Waals surface area contributed by atoms with E-state index in [4.69, 9.17) is 5.73 Å². The average Bonchev–Trinajstić information content (AvgIpc) is 2.10. The highest BCUT2D eigenvalue weighted by atomic mass is 32.2. The Kier molecular flexibility index (Phi) is 7.09. The van der Waals surface area contributed by atoms with Crippen LogP contribution in [0.3, 0.4) is 0 Å². The van der Waals surface area contributed by atoms with Gasteiger partial charge >= 0.3 is 0 Å². The molecule has 2 atom stereocenters. The summed E-state index contributed by atoms with van der Waals surface area (Å²) < 4.78 is 0. The molecule has 1 amide bonds. The van der Waals surface area contributed by atoms with Crippen molar-refractivity contribution in [1.29, 1.82) is 0 Å². The maximum atomic E-state index is 10.9. The lowest BCUT2D eigenvalue weighted by molar-refractivity contribution is -0.120. The lowest BCUT2D eigenvalue weighted by atomic mass is 10.1. The van der Waals surface area contributed by atoms with Gasteiger partial charge in [-0.05, 0) is 31.8 Å². The minimum atomic E-state index is -0.251. The van der Waals surface area contributed by atoms with Gasteiger partial charge in [0.2, 0.25) is 5.91 Å². The highest BCUT2D eigenvalue weighted by Crippen LogP contribution is 2.01. The van der Waals surface area contributed by atoms with Crippen molar-refractivity contribution in [3.05, 3.63) is 0 Å². The van der Waals surface area contributed by atoms with E-state index in [1.807, 2.05) is 18.7 Å². The zero-order valence-electron chi connectivity index (χ0n) is 8.67. The fourth-order valence-corrected chi connectivity index (χ4v) is 1.71. The van der Waals surface area contributed by atoms with E-state index in [1.54, 1.807) is 0 Å². The predicted molar refractivity (Wildman–Crippen MR) is 58.9 cm³/mol. The molecular formula is C9H20N2OS. The first-order chi connectivity index (χ1) is 6.11. The van der Waals surface area contributed by atoms with Gasteiger partial charge in [0.05, 0.1) is 6.04 Å². The van der Waals surface area contributed by atoms with Crippen molar-refractivity contribution in [1.82, 2.24) is 5.32 Å². The smallest absolute Gasteiger partial charge is 0.234 e. The number of hydrogen-bond acceptors (Lipinski definition) is 3. The number of rotatable bonds is 7. The Morgan fingerprint density at radius 1 is 1.62 bits per heavy atom. The van der Waals surface area contributed by atoms with Crippen LogP contribution in [0.15, 0.2) is 0 Å². The summed E-state index contributed by atoms with van der Waals surface area (Å²) in [6.45, 7) is 4.05. The third kappa shape index (κ3) is 5.93. The number of carbonyl (C=O) groups excluding carboxylic acids is 1. The molecule has 0 aromatic carbocycles. The van der Waals surface area contributed by atoms with Crippen LogP contribution in [0.5, 0.6) is 0 Å².